The van der Waals surface area contributed by atoms with E-state index in [9.17, 15) is 9.59 Å². The first-order valence-electron chi connectivity index (χ1n) is 9.00. The van der Waals surface area contributed by atoms with Crippen molar-refractivity contribution in [1.82, 2.24) is 4.90 Å². The molecule has 0 unspecified atom stereocenters. The number of anilines is 1. The molecule has 1 saturated heterocycles. The van der Waals surface area contributed by atoms with Gasteiger partial charge in [0.2, 0.25) is 0 Å². The summed E-state index contributed by atoms with van der Waals surface area (Å²) >= 11 is 0. The predicted molar refractivity (Wildman–Crippen MR) is 102 cm³/mol. The molecule has 1 heterocycles. The van der Waals surface area contributed by atoms with Crippen molar-refractivity contribution in [1.29, 1.82) is 0 Å². The van der Waals surface area contributed by atoms with E-state index in [1.165, 1.54) is 6.42 Å². The van der Waals surface area contributed by atoms with Crippen LogP contribution in [-0.4, -0.2) is 36.4 Å². The van der Waals surface area contributed by atoms with Gasteiger partial charge in [-0.2, -0.15) is 0 Å². The smallest absolute Gasteiger partial charge is 0.260 e. The first-order chi connectivity index (χ1) is 12.6. The van der Waals surface area contributed by atoms with Crippen molar-refractivity contribution in [2.45, 2.75) is 26.2 Å². The van der Waals surface area contributed by atoms with E-state index in [1.54, 1.807) is 24.3 Å². The van der Waals surface area contributed by atoms with Crippen LogP contribution in [0, 0.1) is 6.92 Å². The average molecular weight is 352 g/mol. The molecule has 0 saturated carbocycles. The Morgan fingerprint density at radius 2 is 1.62 bits per heavy atom. The van der Waals surface area contributed by atoms with Gasteiger partial charge in [-0.15, -0.1) is 0 Å². The van der Waals surface area contributed by atoms with Crippen molar-refractivity contribution >= 4 is 17.5 Å². The lowest BCUT2D eigenvalue weighted by atomic mass is 10.1. The number of hydrogen-bond donors (Lipinski definition) is 1. The number of nitrogens with one attached hydrogen (secondary N) is 1. The van der Waals surface area contributed by atoms with Gasteiger partial charge in [0.15, 0.2) is 6.61 Å². The van der Waals surface area contributed by atoms with Gasteiger partial charge in [-0.3, -0.25) is 9.59 Å². The Morgan fingerprint density at radius 3 is 2.27 bits per heavy atom. The maximum absolute atomic E-state index is 12.3. The molecule has 2 aromatic carbocycles. The highest BCUT2D eigenvalue weighted by atomic mass is 16.5. The van der Waals surface area contributed by atoms with Crippen LogP contribution < -0.4 is 10.1 Å². The molecule has 0 aliphatic carbocycles. The minimum absolute atomic E-state index is 0.0193. The highest BCUT2D eigenvalue weighted by Crippen LogP contribution is 2.16. The van der Waals surface area contributed by atoms with Gasteiger partial charge in [-0.1, -0.05) is 17.7 Å². The van der Waals surface area contributed by atoms with E-state index in [1.807, 2.05) is 36.1 Å². The van der Waals surface area contributed by atoms with Crippen LogP contribution in [0.3, 0.4) is 0 Å². The van der Waals surface area contributed by atoms with E-state index in [2.05, 4.69) is 5.32 Å². The van der Waals surface area contributed by atoms with Crippen LogP contribution in [0.2, 0.25) is 0 Å². The monoisotopic (exact) mass is 352 g/mol. The van der Waals surface area contributed by atoms with Crippen molar-refractivity contribution < 1.29 is 14.3 Å². The number of likely N-dealkylation sites (tertiary alicyclic amines) is 1. The summed E-state index contributed by atoms with van der Waals surface area (Å²) in [7, 11) is 0. The van der Waals surface area contributed by atoms with E-state index >= 15 is 0 Å². The molecule has 1 fully saturated rings. The third-order valence-corrected chi connectivity index (χ3v) is 4.50. The summed E-state index contributed by atoms with van der Waals surface area (Å²) in [5.41, 5.74) is 2.44. The highest BCUT2D eigenvalue weighted by Gasteiger charge is 2.16. The van der Waals surface area contributed by atoms with Gasteiger partial charge in [-0.25, -0.2) is 0 Å². The van der Waals surface area contributed by atoms with Crippen molar-refractivity contribution in [3.05, 3.63) is 59.7 Å². The molecule has 0 atom stereocenters. The summed E-state index contributed by atoms with van der Waals surface area (Å²) < 4.78 is 5.56. The Morgan fingerprint density at radius 1 is 0.962 bits per heavy atom. The van der Waals surface area contributed by atoms with Crippen LogP contribution in [0.25, 0.3) is 0 Å². The van der Waals surface area contributed by atoms with Crippen LogP contribution in [-0.2, 0) is 4.79 Å². The Balaban J connectivity index is 1.51. The third-order valence-electron chi connectivity index (χ3n) is 4.50. The summed E-state index contributed by atoms with van der Waals surface area (Å²) in [5, 5.41) is 2.86. The van der Waals surface area contributed by atoms with Crippen molar-refractivity contribution in [3.8, 4) is 5.75 Å². The van der Waals surface area contributed by atoms with E-state index in [-0.39, 0.29) is 18.4 Å². The molecule has 5 nitrogen and oxygen atoms in total. The lowest BCUT2D eigenvalue weighted by molar-refractivity contribution is -0.134. The van der Waals surface area contributed by atoms with Crippen LogP contribution in [0.4, 0.5) is 5.69 Å². The molecule has 136 valence electrons. The van der Waals surface area contributed by atoms with Gasteiger partial charge in [0.05, 0.1) is 0 Å². The molecule has 2 aromatic rings. The second-order valence-corrected chi connectivity index (χ2v) is 6.57. The lowest BCUT2D eigenvalue weighted by Crippen LogP contribution is -2.38. The summed E-state index contributed by atoms with van der Waals surface area (Å²) in [5.74, 6) is 0.429. The summed E-state index contributed by atoms with van der Waals surface area (Å²) in [4.78, 5) is 26.2. The Hall–Kier alpha value is -2.82. The van der Waals surface area contributed by atoms with Crippen LogP contribution in [0.1, 0.15) is 35.2 Å². The topological polar surface area (TPSA) is 58.6 Å². The van der Waals surface area contributed by atoms with Crippen molar-refractivity contribution in [2.24, 2.45) is 0 Å². The second kappa shape index (κ2) is 8.52. The second-order valence-electron chi connectivity index (χ2n) is 6.57. The normalized spacial score (nSPS) is 14.0. The molecule has 2 amide bonds. The first-order valence-corrected chi connectivity index (χ1v) is 9.00. The quantitative estimate of drug-likeness (QED) is 0.894. The molecule has 3 rings (SSSR count). The largest absolute Gasteiger partial charge is 0.484 e. The number of carbonyl (C=O) groups excluding carboxylic acids is 2. The minimum atomic E-state index is -0.176. The fraction of sp³-hybridized carbons (Fsp3) is 0.333. The van der Waals surface area contributed by atoms with Crippen LogP contribution >= 0.6 is 0 Å². The minimum Gasteiger partial charge on any atom is -0.484 e. The number of aryl methyl sites for hydroxylation is 1. The zero-order valence-electron chi connectivity index (χ0n) is 15.0. The molecule has 0 radical (unpaired) electrons. The van der Waals surface area contributed by atoms with E-state index < -0.39 is 0 Å². The predicted octanol–water partition coefficient (Wildman–Crippen LogP) is 3.64. The Bertz CT molecular complexity index is 748. The molecule has 1 aliphatic rings. The van der Waals surface area contributed by atoms with Gasteiger partial charge in [-0.05, 0) is 62.6 Å². The lowest BCUT2D eigenvalue weighted by Gasteiger charge is -2.26. The first kappa shape index (κ1) is 18.0. The SMILES string of the molecule is Cc1ccc(NC(=O)c2ccc(OCC(=O)N3CCCCC3)cc2)cc1. The summed E-state index contributed by atoms with van der Waals surface area (Å²) in [6.45, 7) is 3.68. The number of nitrogens with zero attached hydrogens (tertiary/aromatic N) is 1. The molecule has 1 N–H and O–H groups in total. The van der Waals surface area contributed by atoms with E-state index in [0.29, 0.717) is 11.3 Å². The van der Waals surface area contributed by atoms with Gasteiger partial charge in [0, 0.05) is 24.3 Å². The zero-order chi connectivity index (χ0) is 18.4. The van der Waals surface area contributed by atoms with Crippen LogP contribution in [0.15, 0.2) is 48.5 Å². The van der Waals surface area contributed by atoms with Gasteiger partial charge < -0.3 is 15.0 Å². The summed E-state index contributed by atoms with van der Waals surface area (Å²) in [6.07, 6.45) is 3.32. The Kier molecular flexibility index (Phi) is 5.89. The molecule has 0 spiro atoms. The molecule has 0 aromatic heterocycles. The number of hydrogen-bond acceptors (Lipinski definition) is 3. The van der Waals surface area contributed by atoms with Gasteiger partial charge >= 0.3 is 0 Å². The number of ether oxygens (including phenoxy) is 1. The Labute approximate surface area is 154 Å². The molecule has 1 aliphatic heterocycles. The average Bonchev–Trinajstić information content (AvgIpc) is 2.69. The molecule has 5 heteroatoms. The van der Waals surface area contributed by atoms with Crippen LogP contribution in [0.5, 0.6) is 5.75 Å². The van der Waals surface area contributed by atoms with Gasteiger partial charge in [0.1, 0.15) is 5.75 Å². The molecular formula is C21H24N2O3. The van der Waals surface area contributed by atoms with Gasteiger partial charge in [0.25, 0.3) is 11.8 Å². The standard InChI is InChI=1S/C21H24N2O3/c1-16-5-9-18(10-6-16)22-21(25)17-7-11-19(12-8-17)26-15-20(24)23-13-3-2-4-14-23/h5-12H,2-4,13-15H2,1H3,(H,22,25). The van der Waals surface area contributed by atoms with E-state index in [0.717, 1.165) is 37.2 Å². The molecular weight excluding hydrogens is 328 g/mol. The summed E-state index contributed by atoms with van der Waals surface area (Å²) in [6, 6.07) is 14.5. The maximum atomic E-state index is 12.3. The number of rotatable bonds is 5. The third kappa shape index (κ3) is 4.85. The highest BCUT2D eigenvalue weighted by molar-refractivity contribution is 6.04. The van der Waals surface area contributed by atoms with Crippen molar-refractivity contribution in [2.75, 3.05) is 25.0 Å². The zero-order valence-corrected chi connectivity index (χ0v) is 15.0. The maximum Gasteiger partial charge on any atom is 0.260 e. The number of piperidine rings is 1. The molecule has 26 heavy (non-hydrogen) atoms. The number of benzene rings is 2. The van der Waals surface area contributed by atoms with Crippen molar-refractivity contribution in [3.63, 3.8) is 0 Å². The number of amides is 2. The fourth-order valence-electron chi connectivity index (χ4n) is 2.92. The molecule has 0 bridgehead atoms. The number of carbonyl (C=O) groups is 2. The van der Waals surface area contributed by atoms with E-state index in [4.69, 9.17) is 4.74 Å². The fourth-order valence-corrected chi connectivity index (χ4v) is 2.92.